The van der Waals surface area contributed by atoms with Gasteiger partial charge in [-0.15, -0.1) is 0 Å². The van der Waals surface area contributed by atoms with Gasteiger partial charge >= 0.3 is 0 Å². The molecule has 0 spiro atoms. The summed E-state index contributed by atoms with van der Waals surface area (Å²) in [4.78, 5) is 4.49. The highest BCUT2D eigenvalue weighted by molar-refractivity contribution is 4.97. The number of hydrogen-bond donors (Lipinski definition) is 1. The molecule has 0 saturated heterocycles. The van der Waals surface area contributed by atoms with Crippen LogP contribution < -0.4 is 5.32 Å². The molecule has 4 nitrogen and oxygen atoms in total. The van der Waals surface area contributed by atoms with E-state index in [1.165, 1.54) is 0 Å². The van der Waals surface area contributed by atoms with Gasteiger partial charge in [0, 0.05) is 25.4 Å². The highest BCUT2D eigenvalue weighted by atomic mass is 15.4. The molecule has 2 heterocycles. The first kappa shape index (κ1) is 8.69. The van der Waals surface area contributed by atoms with Crippen molar-refractivity contribution < 1.29 is 0 Å². The maximum absolute atomic E-state index is 4.49. The summed E-state index contributed by atoms with van der Waals surface area (Å²) >= 11 is 0. The van der Waals surface area contributed by atoms with E-state index in [9.17, 15) is 0 Å². The van der Waals surface area contributed by atoms with E-state index in [-0.39, 0.29) is 0 Å². The number of aryl methyl sites for hydroxylation is 1. The van der Waals surface area contributed by atoms with E-state index in [1.807, 2.05) is 4.68 Å². The molecule has 1 aliphatic heterocycles. The van der Waals surface area contributed by atoms with Gasteiger partial charge in [0.25, 0.3) is 0 Å². The summed E-state index contributed by atoms with van der Waals surface area (Å²) in [6.07, 6.45) is 1.93. The number of aromatic nitrogens is 3. The quantitative estimate of drug-likeness (QED) is 0.679. The number of hydrogen-bond acceptors (Lipinski definition) is 3. The highest BCUT2D eigenvalue weighted by Gasteiger charge is 2.15. The van der Waals surface area contributed by atoms with Crippen molar-refractivity contribution in [1.29, 1.82) is 0 Å². The summed E-state index contributed by atoms with van der Waals surface area (Å²) in [5, 5.41) is 7.84. The molecule has 2 rings (SSSR count). The molecule has 1 aliphatic rings. The number of rotatable bonds is 1. The zero-order valence-corrected chi connectivity index (χ0v) is 8.25. The molecule has 1 unspecified atom stereocenters. The SMILES string of the molecule is CCc1nc2n(n1)CCNC(C)C2. The molecule has 0 saturated carbocycles. The molecule has 0 fully saturated rings. The largest absolute Gasteiger partial charge is 0.312 e. The van der Waals surface area contributed by atoms with Crippen molar-refractivity contribution in [3.63, 3.8) is 0 Å². The van der Waals surface area contributed by atoms with Gasteiger partial charge in [-0.25, -0.2) is 9.67 Å². The van der Waals surface area contributed by atoms with E-state index in [1.54, 1.807) is 0 Å². The van der Waals surface area contributed by atoms with Crippen LogP contribution >= 0.6 is 0 Å². The van der Waals surface area contributed by atoms with Crippen LogP contribution in [0.1, 0.15) is 25.5 Å². The summed E-state index contributed by atoms with van der Waals surface area (Å²) in [7, 11) is 0. The van der Waals surface area contributed by atoms with Gasteiger partial charge in [-0.1, -0.05) is 6.92 Å². The first-order valence-corrected chi connectivity index (χ1v) is 4.95. The molecule has 1 aromatic rings. The van der Waals surface area contributed by atoms with Gasteiger partial charge in [-0.3, -0.25) is 0 Å². The average Bonchev–Trinajstić information content (AvgIpc) is 2.41. The van der Waals surface area contributed by atoms with Crippen molar-refractivity contribution in [3.8, 4) is 0 Å². The predicted octanol–water partition coefficient (Wildman–Crippen LogP) is 0.375. The molecule has 1 N–H and O–H groups in total. The molecule has 0 aliphatic carbocycles. The maximum Gasteiger partial charge on any atom is 0.150 e. The molecular formula is C9H16N4. The topological polar surface area (TPSA) is 42.7 Å². The normalized spacial score (nSPS) is 22.5. The Hall–Kier alpha value is -0.900. The van der Waals surface area contributed by atoms with Gasteiger partial charge in [-0.2, -0.15) is 5.10 Å². The van der Waals surface area contributed by atoms with Crippen LogP contribution in [0.4, 0.5) is 0 Å². The van der Waals surface area contributed by atoms with Crippen LogP contribution in [0.2, 0.25) is 0 Å². The van der Waals surface area contributed by atoms with E-state index in [0.29, 0.717) is 6.04 Å². The van der Waals surface area contributed by atoms with Gasteiger partial charge < -0.3 is 5.32 Å². The van der Waals surface area contributed by atoms with Crippen LogP contribution in [0.15, 0.2) is 0 Å². The van der Waals surface area contributed by atoms with Crippen LogP contribution in [0.3, 0.4) is 0 Å². The smallest absolute Gasteiger partial charge is 0.150 e. The van der Waals surface area contributed by atoms with Crippen LogP contribution in [-0.2, 0) is 19.4 Å². The third-order valence-corrected chi connectivity index (χ3v) is 2.41. The number of fused-ring (bicyclic) bond motifs is 1. The zero-order valence-electron chi connectivity index (χ0n) is 8.25. The number of nitrogens with one attached hydrogen (secondary N) is 1. The monoisotopic (exact) mass is 180 g/mol. The summed E-state index contributed by atoms with van der Waals surface area (Å²) in [5.74, 6) is 2.11. The standard InChI is InChI=1S/C9H16N4/c1-3-8-11-9-6-7(2)10-4-5-13(9)12-8/h7,10H,3-6H2,1-2H3. The van der Waals surface area contributed by atoms with Gasteiger partial charge in [0.05, 0.1) is 6.54 Å². The van der Waals surface area contributed by atoms with E-state index in [4.69, 9.17) is 0 Å². The Morgan fingerprint density at radius 3 is 3.23 bits per heavy atom. The first-order valence-electron chi connectivity index (χ1n) is 4.95. The predicted molar refractivity (Wildman–Crippen MR) is 50.6 cm³/mol. The Labute approximate surface area is 78.4 Å². The van der Waals surface area contributed by atoms with Crippen molar-refractivity contribution in [2.45, 2.75) is 39.3 Å². The van der Waals surface area contributed by atoms with E-state index in [0.717, 1.165) is 37.6 Å². The molecular weight excluding hydrogens is 164 g/mol. The Morgan fingerprint density at radius 1 is 1.62 bits per heavy atom. The minimum absolute atomic E-state index is 0.523. The third kappa shape index (κ3) is 1.72. The van der Waals surface area contributed by atoms with Gasteiger partial charge in [0.2, 0.25) is 0 Å². The maximum atomic E-state index is 4.49. The van der Waals surface area contributed by atoms with Crippen LogP contribution in [0, 0.1) is 0 Å². The van der Waals surface area contributed by atoms with Crippen LogP contribution in [0.25, 0.3) is 0 Å². The lowest BCUT2D eigenvalue weighted by atomic mass is 10.2. The summed E-state index contributed by atoms with van der Waals surface area (Å²) < 4.78 is 2.04. The second-order valence-electron chi connectivity index (χ2n) is 3.58. The lowest BCUT2D eigenvalue weighted by Gasteiger charge is -2.06. The molecule has 0 radical (unpaired) electrons. The molecule has 0 bridgehead atoms. The molecule has 0 aromatic carbocycles. The molecule has 13 heavy (non-hydrogen) atoms. The van der Waals surface area contributed by atoms with E-state index >= 15 is 0 Å². The minimum Gasteiger partial charge on any atom is -0.312 e. The van der Waals surface area contributed by atoms with Crippen molar-refractivity contribution in [2.75, 3.05) is 6.54 Å². The van der Waals surface area contributed by atoms with E-state index in [2.05, 4.69) is 29.2 Å². The summed E-state index contributed by atoms with van der Waals surface area (Å²) in [6.45, 7) is 6.24. The van der Waals surface area contributed by atoms with Crippen LogP contribution in [-0.4, -0.2) is 27.4 Å². The Kier molecular flexibility index (Phi) is 2.31. The van der Waals surface area contributed by atoms with Gasteiger partial charge in [-0.05, 0) is 6.92 Å². The van der Waals surface area contributed by atoms with Crippen molar-refractivity contribution >= 4 is 0 Å². The first-order chi connectivity index (χ1) is 6.29. The fourth-order valence-electron chi connectivity index (χ4n) is 1.67. The summed E-state index contributed by atoms with van der Waals surface area (Å²) in [6, 6.07) is 0.523. The van der Waals surface area contributed by atoms with Crippen molar-refractivity contribution in [3.05, 3.63) is 11.6 Å². The zero-order chi connectivity index (χ0) is 9.26. The highest BCUT2D eigenvalue weighted by Crippen LogP contribution is 2.06. The van der Waals surface area contributed by atoms with E-state index < -0.39 is 0 Å². The fraction of sp³-hybridized carbons (Fsp3) is 0.778. The van der Waals surface area contributed by atoms with Gasteiger partial charge in [0.1, 0.15) is 5.82 Å². The Morgan fingerprint density at radius 2 is 2.46 bits per heavy atom. The fourth-order valence-corrected chi connectivity index (χ4v) is 1.67. The molecule has 0 amide bonds. The molecule has 4 heteroatoms. The Balaban J connectivity index is 2.26. The van der Waals surface area contributed by atoms with Gasteiger partial charge in [0.15, 0.2) is 5.82 Å². The average molecular weight is 180 g/mol. The lowest BCUT2D eigenvalue weighted by molar-refractivity contribution is 0.541. The summed E-state index contributed by atoms with van der Waals surface area (Å²) in [5.41, 5.74) is 0. The minimum atomic E-state index is 0.523. The number of nitrogens with zero attached hydrogens (tertiary/aromatic N) is 3. The molecule has 1 atom stereocenters. The second kappa shape index (κ2) is 3.46. The van der Waals surface area contributed by atoms with Crippen molar-refractivity contribution in [2.24, 2.45) is 0 Å². The Bertz CT molecular complexity index is 292. The van der Waals surface area contributed by atoms with Crippen LogP contribution in [0.5, 0.6) is 0 Å². The molecule has 1 aromatic heterocycles. The van der Waals surface area contributed by atoms with Crippen molar-refractivity contribution in [1.82, 2.24) is 20.1 Å². The third-order valence-electron chi connectivity index (χ3n) is 2.41. The molecule has 72 valence electrons. The second-order valence-corrected chi connectivity index (χ2v) is 3.58. The lowest BCUT2D eigenvalue weighted by Crippen LogP contribution is -2.27.